The largest absolute Gasteiger partial charge is 0.314 e. The Balaban J connectivity index is 2.59. The molecule has 0 aliphatic heterocycles. The van der Waals surface area contributed by atoms with Gasteiger partial charge in [0.25, 0.3) is 0 Å². The lowest BCUT2D eigenvalue weighted by atomic mass is 10.0. The molecule has 0 aliphatic rings. The smallest absolute Gasteiger partial charge is 0.138 e. The minimum absolute atomic E-state index is 0.518. The van der Waals surface area contributed by atoms with Crippen LogP contribution in [0.15, 0.2) is 6.33 Å². The molecule has 1 rings (SSSR count). The zero-order valence-electron chi connectivity index (χ0n) is 12.3. The summed E-state index contributed by atoms with van der Waals surface area (Å²) in [6.07, 6.45) is 6.14. The second kappa shape index (κ2) is 8.25. The molecule has 0 fully saturated rings. The molecule has 0 aromatic carbocycles. The maximum Gasteiger partial charge on any atom is 0.138 e. The quantitative estimate of drug-likeness (QED) is 0.734. The van der Waals surface area contributed by atoms with Gasteiger partial charge < -0.3 is 5.32 Å². The molecule has 18 heavy (non-hydrogen) atoms. The monoisotopic (exact) mass is 252 g/mol. The summed E-state index contributed by atoms with van der Waals surface area (Å²) < 4.78 is 2.04. The summed E-state index contributed by atoms with van der Waals surface area (Å²) in [5, 5.41) is 7.92. The number of nitrogens with one attached hydrogen (secondary N) is 1. The number of aryl methyl sites for hydroxylation is 1. The highest BCUT2D eigenvalue weighted by molar-refractivity contribution is 4.90. The second-order valence-electron chi connectivity index (χ2n) is 5.38. The van der Waals surface area contributed by atoms with Crippen molar-refractivity contribution in [2.24, 2.45) is 5.92 Å². The predicted molar refractivity (Wildman–Crippen MR) is 75.6 cm³/mol. The van der Waals surface area contributed by atoms with Gasteiger partial charge in [0.15, 0.2) is 0 Å². The molecule has 4 heteroatoms. The number of aromatic nitrogens is 3. The SMILES string of the molecule is CCCNC(Cc1ncnn1CCC)CC(C)C. The topological polar surface area (TPSA) is 42.7 Å². The van der Waals surface area contributed by atoms with Crippen molar-refractivity contribution in [3.05, 3.63) is 12.2 Å². The highest BCUT2D eigenvalue weighted by atomic mass is 15.3. The van der Waals surface area contributed by atoms with Gasteiger partial charge in [-0.1, -0.05) is 27.7 Å². The van der Waals surface area contributed by atoms with Gasteiger partial charge in [0.05, 0.1) is 0 Å². The van der Waals surface area contributed by atoms with E-state index in [-0.39, 0.29) is 0 Å². The van der Waals surface area contributed by atoms with Gasteiger partial charge in [-0.2, -0.15) is 5.10 Å². The first kappa shape index (κ1) is 15.2. The summed E-state index contributed by atoms with van der Waals surface area (Å²) in [6, 6.07) is 0.518. The average molecular weight is 252 g/mol. The fourth-order valence-electron chi connectivity index (χ4n) is 2.22. The van der Waals surface area contributed by atoms with Crippen molar-refractivity contribution in [3.63, 3.8) is 0 Å². The van der Waals surface area contributed by atoms with Crippen LogP contribution in [0.25, 0.3) is 0 Å². The van der Waals surface area contributed by atoms with Gasteiger partial charge in [-0.05, 0) is 31.7 Å². The van der Waals surface area contributed by atoms with Crippen molar-refractivity contribution >= 4 is 0 Å². The van der Waals surface area contributed by atoms with Crippen LogP contribution < -0.4 is 5.32 Å². The minimum Gasteiger partial charge on any atom is -0.314 e. The van der Waals surface area contributed by atoms with Gasteiger partial charge in [-0.25, -0.2) is 4.98 Å². The number of nitrogens with zero attached hydrogens (tertiary/aromatic N) is 3. The van der Waals surface area contributed by atoms with E-state index in [0.29, 0.717) is 12.0 Å². The molecule has 1 aromatic heterocycles. The molecule has 0 radical (unpaired) electrons. The lowest BCUT2D eigenvalue weighted by molar-refractivity contribution is 0.402. The molecule has 0 amide bonds. The molecule has 0 spiro atoms. The summed E-state index contributed by atoms with van der Waals surface area (Å²) in [4.78, 5) is 4.40. The average Bonchev–Trinajstić information content (AvgIpc) is 2.73. The van der Waals surface area contributed by atoms with Crippen molar-refractivity contribution in [2.75, 3.05) is 6.54 Å². The molecule has 0 saturated heterocycles. The Morgan fingerprint density at radius 3 is 2.67 bits per heavy atom. The minimum atomic E-state index is 0.518. The second-order valence-corrected chi connectivity index (χ2v) is 5.38. The van der Waals surface area contributed by atoms with E-state index < -0.39 is 0 Å². The summed E-state index contributed by atoms with van der Waals surface area (Å²) in [7, 11) is 0. The summed E-state index contributed by atoms with van der Waals surface area (Å²) in [5.41, 5.74) is 0. The third-order valence-corrected chi connectivity index (χ3v) is 3.00. The maximum absolute atomic E-state index is 4.40. The Morgan fingerprint density at radius 1 is 1.28 bits per heavy atom. The van der Waals surface area contributed by atoms with Crippen LogP contribution in [-0.4, -0.2) is 27.4 Å². The van der Waals surface area contributed by atoms with Gasteiger partial charge in [-0.15, -0.1) is 0 Å². The van der Waals surface area contributed by atoms with Crippen LogP contribution >= 0.6 is 0 Å². The molecular weight excluding hydrogens is 224 g/mol. The van der Waals surface area contributed by atoms with E-state index in [1.54, 1.807) is 6.33 Å². The van der Waals surface area contributed by atoms with Crippen LogP contribution in [-0.2, 0) is 13.0 Å². The van der Waals surface area contributed by atoms with Crippen molar-refractivity contribution in [1.82, 2.24) is 20.1 Å². The molecule has 0 bridgehead atoms. The number of hydrogen-bond acceptors (Lipinski definition) is 3. The molecule has 104 valence electrons. The third-order valence-electron chi connectivity index (χ3n) is 3.00. The van der Waals surface area contributed by atoms with Crippen molar-refractivity contribution in [1.29, 1.82) is 0 Å². The standard InChI is InChI=1S/C14H28N4/c1-5-7-15-13(9-12(3)4)10-14-16-11-17-18(14)8-6-2/h11-13,15H,5-10H2,1-4H3. The van der Waals surface area contributed by atoms with Crippen molar-refractivity contribution < 1.29 is 0 Å². The van der Waals surface area contributed by atoms with E-state index in [4.69, 9.17) is 0 Å². The summed E-state index contributed by atoms with van der Waals surface area (Å²) in [6.45, 7) is 11.0. The van der Waals surface area contributed by atoms with Crippen LogP contribution in [0, 0.1) is 5.92 Å². The lowest BCUT2D eigenvalue weighted by Crippen LogP contribution is -2.34. The van der Waals surface area contributed by atoms with Crippen LogP contribution in [0.3, 0.4) is 0 Å². The van der Waals surface area contributed by atoms with E-state index in [0.717, 1.165) is 31.8 Å². The highest BCUT2D eigenvalue weighted by Crippen LogP contribution is 2.10. The van der Waals surface area contributed by atoms with Gasteiger partial charge >= 0.3 is 0 Å². The molecular formula is C14H28N4. The first-order chi connectivity index (χ1) is 8.67. The molecule has 1 unspecified atom stereocenters. The van der Waals surface area contributed by atoms with Crippen LogP contribution in [0.5, 0.6) is 0 Å². The Labute approximate surface area is 111 Å². The van der Waals surface area contributed by atoms with Gasteiger partial charge in [0.2, 0.25) is 0 Å². The van der Waals surface area contributed by atoms with E-state index in [1.165, 1.54) is 12.8 Å². The summed E-state index contributed by atoms with van der Waals surface area (Å²) in [5.74, 6) is 1.83. The molecule has 1 heterocycles. The Hall–Kier alpha value is -0.900. The first-order valence-electron chi connectivity index (χ1n) is 7.27. The predicted octanol–water partition coefficient (Wildman–Crippen LogP) is 2.64. The van der Waals surface area contributed by atoms with Gasteiger partial charge in [-0.3, -0.25) is 4.68 Å². The summed E-state index contributed by atoms with van der Waals surface area (Å²) >= 11 is 0. The third kappa shape index (κ3) is 5.17. The van der Waals surface area contributed by atoms with Gasteiger partial charge in [0, 0.05) is 19.0 Å². The number of rotatable bonds is 9. The van der Waals surface area contributed by atoms with Crippen LogP contribution in [0.4, 0.5) is 0 Å². The van der Waals surface area contributed by atoms with Gasteiger partial charge in [0.1, 0.15) is 12.2 Å². The number of hydrogen-bond donors (Lipinski definition) is 1. The van der Waals surface area contributed by atoms with E-state index in [2.05, 4.69) is 43.1 Å². The van der Waals surface area contributed by atoms with Crippen LogP contribution in [0.1, 0.15) is 52.8 Å². The van der Waals surface area contributed by atoms with Crippen molar-refractivity contribution in [3.8, 4) is 0 Å². The van der Waals surface area contributed by atoms with E-state index >= 15 is 0 Å². The fourth-order valence-corrected chi connectivity index (χ4v) is 2.22. The normalized spacial score (nSPS) is 13.2. The molecule has 0 aliphatic carbocycles. The maximum atomic E-state index is 4.40. The zero-order chi connectivity index (χ0) is 13.4. The Bertz CT molecular complexity index is 319. The van der Waals surface area contributed by atoms with E-state index in [1.807, 2.05) is 4.68 Å². The van der Waals surface area contributed by atoms with E-state index in [9.17, 15) is 0 Å². The molecule has 1 aromatic rings. The molecule has 1 atom stereocenters. The molecule has 1 N–H and O–H groups in total. The first-order valence-corrected chi connectivity index (χ1v) is 7.27. The zero-order valence-corrected chi connectivity index (χ0v) is 12.3. The highest BCUT2D eigenvalue weighted by Gasteiger charge is 2.14. The lowest BCUT2D eigenvalue weighted by Gasteiger charge is -2.20. The fraction of sp³-hybridized carbons (Fsp3) is 0.857. The Kier molecular flexibility index (Phi) is 6.94. The molecule has 0 saturated carbocycles. The van der Waals surface area contributed by atoms with Crippen molar-refractivity contribution in [2.45, 2.75) is 66.0 Å². The van der Waals surface area contributed by atoms with Crippen LogP contribution in [0.2, 0.25) is 0 Å². The molecule has 4 nitrogen and oxygen atoms in total. The Morgan fingerprint density at radius 2 is 2.06 bits per heavy atom.